The molecule has 0 aromatic heterocycles. The maximum Gasteiger partial charge on any atom is 0.115 e. The first kappa shape index (κ1) is 13.4. The van der Waals surface area contributed by atoms with Crippen LogP contribution in [0, 0.1) is 0 Å². The van der Waals surface area contributed by atoms with Crippen molar-refractivity contribution in [3.63, 3.8) is 0 Å². The van der Waals surface area contributed by atoms with Gasteiger partial charge in [0.2, 0.25) is 0 Å². The van der Waals surface area contributed by atoms with Gasteiger partial charge < -0.3 is 10.4 Å². The van der Waals surface area contributed by atoms with Gasteiger partial charge in [0.15, 0.2) is 0 Å². The molecule has 3 nitrogen and oxygen atoms in total. The van der Waals surface area contributed by atoms with Crippen LogP contribution in [0.5, 0.6) is 5.75 Å². The van der Waals surface area contributed by atoms with Crippen LogP contribution in [0.4, 0.5) is 0 Å². The number of benzene rings is 1. The molecule has 0 spiro atoms. The minimum Gasteiger partial charge on any atom is -0.508 e. The van der Waals surface area contributed by atoms with Gasteiger partial charge in [0.05, 0.1) is 0 Å². The number of nitrogens with zero attached hydrogens (tertiary/aromatic N) is 1. The van der Waals surface area contributed by atoms with Gasteiger partial charge in [0.1, 0.15) is 5.75 Å². The van der Waals surface area contributed by atoms with Gasteiger partial charge in [-0.2, -0.15) is 0 Å². The molecule has 0 saturated carbocycles. The Morgan fingerprint density at radius 3 is 2.94 bits per heavy atom. The van der Waals surface area contributed by atoms with Gasteiger partial charge in [-0.25, -0.2) is 0 Å². The third kappa shape index (κ3) is 4.00. The average Bonchev–Trinajstić information content (AvgIpc) is 2.39. The summed E-state index contributed by atoms with van der Waals surface area (Å²) >= 11 is 0. The highest BCUT2D eigenvalue weighted by molar-refractivity contribution is 5.26. The summed E-state index contributed by atoms with van der Waals surface area (Å²) in [5, 5.41) is 13.1. The van der Waals surface area contributed by atoms with Crippen LogP contribution in [0.1, 0.15) is 31.7 Å². The van der Waals surface area contributed by atoms with E-state index in [9.17, 15) is 5.11 Å². The number of likely N-dealkylation sites (N-methyl/N-ethyl adjacent to an activating group) is 1. The van der Waals surface area contributed by atoms with Crippen molar-refractivity contribution in [2.75, 3.05) is 19.6 Å². The molecule has 0 radical (unpaired) electrons. The van der Waals surface area contributed by atoms with E-state index < -0.39 is 0 Å². The number of aromatic hydroxyl groups is 1. The quantitative estimate of drug-likeness (QED) is 0.839. The van der Waals surface area contributed by atoms with Crippen LogP contribution in [-0.2, 0) is 6.54 Å². The minimum atomic E-state index is 0.361. The number of phenolic OH excluding ortho intramolecular Hbond substituents is 1. The van der Waals surface area contributed by atoms with Crippen molar-refractivity contribution >= 4 is 0 Å². The van der Waals surface area contributed by atoms with Gasteiger partial charge >= 0.3 is 0 Å². The van der Waals surface area contributed by atoms with Crippen LogP contribution in [0.25, 0.3) is 0 Å². The largest absolute Gasteiger partial charge is 0.508 e. The van der Waals surface area contributed by atoms with E-state index in [1.165, 1.54) is 24.8 Å². The lowest BCUT2D eigenvalue weighted by molar-refractivity contribution is 0.226. The smallest absolute Gasteiger partial charge is 0.115 e. The maximum atomic E-state index is 9.49. The van der Waals surface area contributed by atoms with Crippen molar-refractivity contribution in [2.24, 2.45) is 0 Å². The topological polar surface area (TPSA) is 35.5 Å². The van der Waals surface area contributed by atoms with Gasteiger partial charge in [0.25, 0.3) is 0 Å². The summed E-state index contributed by atoms with van der Waals surface area (Å²) < 4.78 is 0. The maximum absolute atomic E-state index is 9.49. The second kappa shape index (κ2) is 6.76. The minimum absolute atomic E-state index is 0.361. The Kier molecular flexibility index (Phi) is 5.02. The molecule has 1 fully saturated rings. The Bertz CT molecular complexity index is 361. The SMILES string of the molecule is CCN(Cc1cccc(O)c1)CC1CCCCN1. The molecule has 2 rings (SSSR count). The highest BCUT2D eigenvalue weighted by Crippen LogP contribution is 2.14. The molecule has 3 heteroatoms. The summed E-state index contributed by atoms with van der Waals surface area (Å²) in [7, 11) is 0. The van der Waals surface area contributed by atoms with Crippen LogP contribution in [0.2, 0.25) is 0 Å². The Morgan fingerprint density at radius 1 is 1.39 bits per heavy atom. The number of phenols is 1. The standard InChI is InChI=1S/C15H24N2O/c1-2-17(12-14-7-3-4-9-16-14)11-13-6-5-8-15(18)10-13/h5-6,8,10,14,16,18H,2-4,7,9,11-12H2,1H3. The van der Waals surface area contributed by atoms with Crippen molar-refractivity contribution in [1.82, 2.24) is 10.2 Å². The predicted octanol–water partition coefficient (Wildman–Crippen LogP) is 2.36. The molecule has 1 aromatic rings. The number of hydrogen-bond donors (Lipinski definition) is 2. The molecule has 1 aliphatic heterocycles. The normalized spacial score (nSPS) is 20.2. The first-order valence-electron chi connectivity index (χ1n) is 7.01. The van der Waals surface area contributed by atoms with Crippen LogP contribution < -0.4 is 5.32 Å². The summed E-state index contributed by atoms with van der Waals surface area (Å²) in [5.41, 5.74) is 1.19. The van der Waals surface area contributed by atoms with Gasteiger partial charge in [-0.05, 0) is 43.6 Å². The van der Waals surface area contributed by atoms with Crippen LogP contribution >= 0.6 is 0 Å². The molecular weight excluding hydrogens is 224 g/mol. The van der Waals surface area contributed by atoms with Gasteiger partial charge in [-0.1, -0.05) is 25.5 Å². The molecule has 1 saturated heterocycles. The zero-order valence-corrected chi connectivity index (χ0v) is 11.2. The lowest BCUT2D eigenvalue weighted by Gasteiger charge is -2.30. The van der Waals surface area contributed by atoms with Gasteiger partial charge in [0, 0.05) is 19.1 Å². The fourth-order valence-electron chi connectivity index (χ4n) is 2.61. The van der Waals surface area contributed by atoms with E-state index in [0.717, 1.165) is 26.2 Å². The summed E-state index contributed by atoms with van der Waals surface area (Å²) in [6.45, 7) is 6.43. The Labute approximate surface area is 110 Å². The number of rotatable bonds is 5. The lowest BCUT2D eigenvalue weighted by Crippen LogP contribution is -2.43. The summed E-state index contributed by atoms with van der Waals surface area (Å²) in [6.07, 6.45) is 3.95. The Morgan fingerprint density at radius 2 is 2.28 bits per heavy atom. The van der Waals surface area contributed by atoms with Crippen molar-refractivity contribution in [2.45, 2.75) is 38.8 Å². The highest BCUT2D eigenvalue weighted by Gasteiger charge is 2.15. The highest BCUT2D eigenvalue weighted by atomic mass is 16.3. The molecule has 18 heavy (non-hydrogen) atoms. The Hall–Kier alpha value is -1.06. The molecule has 1 atom stereocenters. The van der Waals surface area contributed by atoms with Crippen LogP contribution in [0.3, 0.4) is 0 Å². The third-order valence-corrected chi connectivity index (χ3v) is 3.65. The van der Waals surface area contributed by atoms with E-state index >= 15 is 0 Å². The second-order valence-electron chi connectivity index (χ2n) is 5.14. The zero-order chi connectivity index (χ0) is 12.8. The molecule has 2 N–H and O–H groups in total. The number of hydrogen-bond acceptors (Lipinski definition) is 3. The monoisotopic (exact) mass is 248 g/mol. The summed E-state index contributed by atoms with van der Waals surface area (Å²) in [4.78, 5) is 2.44. The zero-order valence-electron chi connectivity index (χ0n) is 11.2. The fraction of sp³-hybridized carbons (Fsp3) is 0.600. The Balaban J connectivity index is 1.88. The number of piperidine rings is 1. The lowest BCUT2D eigenvalue weighted by atomic mass is 10.0. The van der Waals surface area contributed by atoms with Crippen LogP contribution in [0.15, 0.2) is 24.3 Å². The summed E-state index contributed by atoms with van der Waals surface area (Å²) in [5.74, 6) is 0.361. The first-order valence-corrected chi connectivity index (χ1v) is 7.01. The molecule has 1 unspecified atom stereocenters. The van der Waals surface area contributed by atoms with Crippen molar-refractivity contribution in [3.8, 4) is 5.75 Å². The molecule has 0 aliphatic carbocycles. The molecular formula is C15H24N2O. The van der Waals surface area contributed by atoms with Crippen LogP contribution in [-0.4, -0.2) is 35.7 Å². The molecule has 1 aliphatic rings. The third-order valence-electron chi connectivity index (χ3n) is 3.65. The predicted molar refractivity (Wildman–Crippen MR) is 74.7 cm³/mol. The van der Waals surface area contributed by atoms with Crippen molar-refractivity contribution in [3.05, 3.63) is 29.8 Å². The molecule has 1 aromatic carbocycles. The van der Waals surface area contributed by atoms with Gasteiger partial charge in [-0.3, -0.25) is 4.90 Å². The van der Waals surface area contributed by atoms with E-state index in [1.54, 1.807) is 6.07 Å². The van der Waals surface area contributed by atoms with E-state index in [4.69, 9.17) is 0 Å². The second-order valence-corrected chi connectivity index (χ2v) is 5.14. The summed E-state index contributed by atoms with van der Waals surface area (Å²) in [6, 6.07) is 8.21. The number of nitrogens with one attached hydrogen (secondary N) is 1. The molecule has 1 heterocycles. The van der Waals surface area contributed by atoms with Crippen molar-refractivity contribution < 1.29 is 5.11 Å². The molecule has 100 valence electrons. The fourth-order valence-corrected chi connectivity index (χ4v) is 2.61. The van der Waals surface area contributed by atoms with Crippen molar-refractivity contribution in [1.29, 1.82) is 0 Å². The van der Waals surface area contributed by atoms with E-state index in [-0.39, 0.29) is 0 Å². The molecule has 0 bridgehead atoms. The van der Waals surface area contributed by atoms with E-state index in [0.29, 0.717) is 11.8 Å². The van der Waals surface area contributed by atoms with Gasteiger partial charge in [-0.15, -0.1) is 0 Å². The van der Waals surface area contributed by atoms with E-state index in [2.05, 4.69) is 23.2 Å². The molecule has 0 amide bonds. The first-order chi connectivity index (χ1) is 8.78. The van der Waals surface area contributed by atoms with E-state index in [1.807, 2.05) is 12.1 Å². The average molecular weight is 248 g/mol.